The largest absolute Gasteiger partial charge is 0.508 e. The molecule has 15 N–H and O–H groups in total. The van der Waals surface area contributed by atoms with E-state index in [4.69, 9.17) is 17.2 Å². The van der Waals surface area contributed by atoms with Gasteiger partial charge in [0.25, 0.3) is 0 Å². The van der Waals surface area contributed by atoms with E-state index in [2.05, 4.69) is 31.9 Å². The number of aromatic hydroxyl groups is 1. The van der Waals surface area contributed by atoms with Crippen LogP contribution in [0.4, 0.5) is 0 Å². The van der Waals surface area contributed by atoms with Crippen molar-refractivity contribution in [3.05, 3.63) is 65.7 Å². The molecule has 0 aliphatic rings. The Morgan fingerprint density at radius 2 is 1.24 bits per heavy atom. The molecule has 20 nitrogen and oxygen atoms in total. The molecule has 2 aromatic rings. The van der Waals surface area contributed by atoms with E-state index in [0.717, 1.165) is 0 Å². The summed E-state index contributed by atoms with van der Waals surface area (Å²) in [7, 11) is 0. The highest BCUT2D eigenvalue weighted by atomic mass is 16.4. The van der Waals surface area contributed by atoms with Gasteiger partial charge in [-0.05, 0) is 67.8 Å². The molecule has 2 aromatic carbocycles. The first-order valence-corrected chi connectivity index (χ1v) is 19.1. The number of rotatable bonds is 26. The number of aliphatic hydroxyl groups excluding tert-OH is 1. The molecule has 59 heavy (non-hydrogen) atoms. The van der Waals surface area contributed by atoms with E-state index in [0.29, 0.717) is 30.5 Å². The molecule has 2 rings (SSSR count). The summed E-state index contributed by atoms with van der Waals surface area (Å²) < 4.78 is 0. The Morgan fingerprint density at radius 1 is 0.661 bits per heavy atom. The van der Waals surface area contributed by atoms with Gasteiger partial charge in [-0.25, -0.2) is 4.79 Å². The number of nitrogens with two attached hydrogens (primary N) is 3. The second-order valence-corrected chi connectivity index (χ2v) is 14.2. The van der Waals surface area contributed by atoms with Crippen molar-refractivity contribution in [2.75, 3.05) is 19.7 Å². The predicted molar refractivity (Wildman–Crippen MR) is 213 cm³/mol. The molecule has 0 aliphatic carbocycles. The van der Waals surface area contributed by atoms with Crippen molar-refractivity contribution in [2.45, 2.75) is 95.0 Å². The minimum Gasteiger partial charge on any atom is -0.508 e. The summed E-state index contributed by atoms with van der Waals surface area (Å²) >= 11 is 0. The number of unbranched alkanes of at least 4 members (excludes halogenated alkanes) is 1. The molecule has 0 saturated heterocycles. The lowest BCUT2D eigenvalue weighted by Gasteiger charge is -2.28. The van der Waals surface area contributed by atoms with E-state index in [1.807, 2.05) is 0 Å². The molecule has 0 radical (unpaired) electrons. The third-order valence-electron chi connectivity index (χ3n) is 9.02. The number of phenolic OH excluding ortho intramolecular Hbond substituents is 1. The average Bonchev–Trinajstić information content (AvgIpc) is 3.19. The zero-order valence-electron chi connectivity index (χ0n) is 33.1. The Hall–Kier alpha value is -6.12. The van der Waals surface area contributed by atoms with E-state index in [1.165, 1.54) is 12.1 Å². The van der Waals surface area contributed by atoms with Crippen LogP contribution < -0.4 is 49.1 Å². The van der Waals surface area contributed by atoms with Gasteiger partial charge in [-0.3, -0.25) is 33.6 Å². The van der Waals surface area contributed by atoms with Gasteiger partial charge in [0.05, 0.1) is 19.2 Å². The Labute approximate surface area is 341 Å². The first-order chi connectivity index (χ1) is 27.9. The maximum atomic E-state index is 13.8. The summed E-state index contributed by atoms with van der Waals surface area (Å²) in [6.45, 7) is 1.96. The van der Waals surface area contributed by atoms with Crippen molar-refractivity contribution in [3.63, 3.8) is 0 Å². The topological polar surface area (TPSA) is 347 Å². The molecular formula is C39H57N9O11. The minimum absolute atomic E-state index is 0.0363. The van der Waals surface area contributed by atoms with Crippen molar-refractivity contribution >= 4 is 47.3 Å². The number of primary amides is 1. The third-order valence-corrected chi connectivity index (χ3v) is 9.02. The second-order valence-electron chi connectivity index (χ2n) is 14.2. The maximum Gasteiger partial charge on any atom is 0.326 e. The Balaban J connectivity index is 2.16. The maximum absolute atomic E-state index is 13.8. The molecule has 0 aliphatic heterocycles. The van der Waals surface area contributed by atoms with Gasteiger partial charge in [-0.15, -0.1) is 0 Å². The molecule has 20 heteroatoms. The second kappa shape index (κ2) is 25.3. The fourth-order valence-corrected chi connectivity index (χ4v) is 5.68. The lowest BCUT2D eigenvalue weighted by molar-refractivity contribution is -0.142. The summed E-state index contributed by atoms with van der Waals surface area (Å²) in [5, 5.41) is 43.6. The van der Waals surface area contributed by atoms with Crippen molar-refractivity contribution in [3.8, 4) is 5.75 Å². The number of aliphatic hydroxyl groups is 1. The number of phenols is 1. The SMILES string of the molecule is CC(C)[C@H](NC(=O)[C@H](CO)NC(=O)CNC(=O)[C@@H](N)Cc1ccc(O)cc1)C(=O)N[C@@H](CCC(N)=O)C(=O)N[C@@H](Cc1ccccc1)C(=O)N[C@@H](CCCCN)C(=O)O. The van der Waals surface area contributed by atoms with Gasteiger partial charge < -0.3 is 64.4 Å². The van der Waals surface area contributed by atoms with Gasteiger partial charge in [-0.2, -0.15) is 0 Å². The van der Waals surface area contributed by atoms with Crippen molar-refractivity contribution < 1.29 is 53.7 Å². The number of carboxylic acids is 1. The van der Waals surface area contributed by atoms with E-state index >= 15 is 0 Å². The van der Waals surface area contributed by atoms with Crippen LogP contribution >= 0.6 is 0 Å². The zero-order chi connectivity index (χ0) is 44.1. The number of hydrogen-bond acceptors (Lipinski definition) is 12. The highest BCUT2D eigenvalue weighted by Gasteiger charge is 2.34. The van der Waals surface area contributed by atoms with Gasteiger partial charge in [0.15, 0.2) is 0 Å². The number of carbonyl (C=O) groups is 8. The van der Waals surface area contributed by atoms with Crippen LogP contribution in [0.1, 0.15) is 57.1 Å². The molecule has 324 valence electrons. The van der Waals surface area contributed by atoms with Crippen LogP contribution in [0.2, 0.25) is 0 Å². The monoisotopic (exact) mass is 827 g/mol. The molecule has 0 aromatic heterocycles. The standard InChI is InChI=1S/C39H57N9O11/c1-22(2)33(48-37(56)30(21-49)44-32(52)20-43-34(53)26(41)18-24-11-13-25(50)14-12-24)38(57)45-27(15-16-31(42)51)35(54)47-29(19-23-8-4-3-5-9-23)36(55)46-28(39(58)59)10-6-7-17-40/h3-5,8-9,11-14,22,26-30,33,49-50H,6-7,10,15-21,40-41H2,1-2H3,(H2,42,51)(H,43,53)(H,44,52)(H,45,57)(H,46,55)(H,47,54)(H,48,56)(H,58,59)/t26-,27-,28-,29-,30-,33-/m0/s1. The van der Waals surface area contributed by atoms with Gasteiger partial charge in [-0.1, -0.05) is 56.3 Å². The lowest BCUT2D eigenvalue weighted by atomic mass is 10.0. The fourth-order valence-electron chi connectivity index (χ4n) is 5.68. The molecule has 0 fully saturated rings. The van der Waals surface area contributed by atoms with E-state index in [9.17, 15) is 53.7 Å². The van der Waals surface area contributed by atoms with Crippen LogP contribution in [0, 0.1) is 5.92 Å². The third kappa shape index (κ3) is 17.9. The molecule has 0 saturated carbocycles. The predicted octanol–water partition coefficient (Wildman–Crippen LogP) is -2.83. The lowest BCUT2D eigenvalue weighted by Crippen LogP contribution is -2.60. The Morgan fingerprint density at radius 3 is 1.81 bits per heavy atom. The van der Waals surface area contributed by atoms with Crippen LogP contribution in [0.25, 0.3) is 0 Å². The van der Waals surface area contributed by atoms with Crippen LogP contribution in [0.15, 0.2) is 54.6 Å². The van der Waals surface area contributed by atoms with Gasteiger partial charge in [0.2, 0.25) is 41.4 Å². The summed E-state index contributed by atoms with van der Waals surface area (Å²) in [4.78, 5) is 103. The average molecular weight is 828 g/mol. The number of hydrogen-bond donors (Lipinski definition) is 12. The number of aliphatic carboxylic acids is 1. The van der Waals surface area contributed by atoms with Gasteiger partial charge in [0.1, 0.15) is 36.0 Å². The molecule has 0 unspecified atom stereocenters. The summed E-state index contributed by atoms with van der Waals surface area (Å²) in [5.74, 6) is -7.84. The minimum atomic E-state index is -1.57. The number of amides is 7. The highest BCUT2D eigenvalue weighted by Crippen LogP contribution is 2.12. The molecule has 0 heterocycles. The molecular weight excluding hydrogens is 770 g/mol. The smallest absolute Gasteiger partial charge is 0.326 e. The van der Waals surface area contributed by atoms with Crippen LogP contribution in [0.3, 0.4) is 0 Å². The number of nitrogens with one attached hydrogen (secondary N) is 6. The van der Waals surface area contributed by atoms with E-state index in [1.54, 1.807) is 56.3 Å². The van der Waals surface area contributed by atoms with E-state index < -0.39 is 103 Å². The molecule has 6 atom stereocenters. The van der Waals surface area contributed by atoms with Gasteiger partial charge in [0, 0.05) is 12.8 Å². The Kier molecular flexibility index (Phi) is 21.0. The summed E-state index contributed by atoms with van der Waals surface area (Å²) in [6.07, 6.45) is 0.372. The van der Waals surface area contributed by atoms with Crippen LogP contribution in [-0.4, -0.2) is 119 Å². The fraction of sp³-hybridized carbons (Fsp3) is 0.487. The first-order valence-electron chi connectivity index (χ1n) is 19.1. The van der Waals surface area contributed by atoms with Gasteiger partial charge >= 0.3 is 5.97 Å². The Bertz CT molecular complexity index is 1730. The highest BCUT2D eigenvalue weighted by molar-refractivity contribution is 5.97. The number of carbonyl (C=O) groups excluding carboxylic acids is 7. The summed E-state index contributed by atoms with van der Waals surface area (Å²) in [6, 6.07) is 6.50. The van der Waals surface area contributed by atoms with Crippen LogP contribution in [0.5, 0.6) is 5.75 Å². The van der Waals surface area contributed by atoms with Crippen molar-refractivity contribution in [2.24, 2.45) is 23.1 Å². The first kappa shape index (κ1) is 49.0. The summed E-state index contributed by atoms with van der Waals surface area (Å²) in [5.41, 5.74) is 18.1. The van der Waals surface area contributed by atoms with Crippen LogP contribution in [-0.2, 0) is 51.2 Å². The number of benzene rings is 2. The zero-order valence-corrected chi connectivity index (χ0v) is 33.1. The normalized spacial score (nSPS) is 14.0. The molecule has 0 bridgehead atoms. The molecule has 0 spiro atoms. The quantitative estimate of drug-likeness (QED) is 0.0426. The van der Waals surface area contributed by atoms with Crippen molar-refractivity contribution in [1.82, 2.24) is 31.9 Å². The van der Waals surface area contributed by atoms with E-state index in [-0.39, 0.29) is 37.9 Å². The number of carboxylic acid groups (broad SMARTS) is 1. The van der Waals surface area contributed by atoms with Crippen molar-refractivity contribution in [1.29, 1.82) is 0 Å². The molecule has 7 amide bonds.